The van der Waals surface area contributed by atoms with Crippen LogP contribution in [0.1, 0.15) is 11.0 Å². The summed E-state index contributed by atoms with van der Waals surface area (Å²) in [5.74, 6) is -0.402. The lowest BCUT2D eigenvalue weighted by Crippen LogP contribution is -2.36. The summed E-state index contributed by atoms with van der Waals surface area (Å²) in [7, 11) is 0. The van der Waals surface area contributed by atoms with Crippen molar-refractivity contribution in [2.45, 2.75) is 0 Å². The van der Waals surface area contributed by atoms with Crippen LogP contribution in [0, 0.1) is 0 Å². The molecule has 0 saturated carbocycles. The zero-order valence-corrected chi connectivity index (χ0v) is 7.04. The Bertz CT molecular complexity index is 542. The highest BCUT2D eigenvalue weighted by molar-refractivity contribution is 6.29. The SMILES string of the molecule is [2H]C1([2H])OC([2H])([2H])C([2H])([2H])N(c2cc(Cl)ncn2)C1([2H])[2H]. The fraction of sp³-hybridized carbons (Fsp3) is 0.500. The molecule has 0 bridgehead atoms. The van der Waals surface area contributed by atoms with Gasteiger partial charge in [-0.2, -0.15) is 0 Å². The van der Waals surface area contributed by atoms with E-state index in [4.69, 9.17) is 22.6 Å². The normalized spacial score (nSPS) is 42.1. The molecule has 0 amide bonds. The lowest BCUT2D eigenvalue weighted by atomic mass is 10.4. The van der Waals surface area contributed by atoms with E-state index in [0.29, 0.717) is 0 Å². The van der Waals surface area contributed by atoms with Crippen molar-refractivity contribution in [2.24, 2.45) is 0 Å². The Morgan fingerprint density at radius 3 is 2.92 bits per heavy atom. The molecule has 4 nitrogen and oxygen atoms in total. The van der Waals surface area contributed by atoms with Crippen LogP contribution in [0.5, 0.6) is 0 Å². The van der Waals surface area contributed by atoms with Gasteiger partial charge in [-0.1, -0.05) is 11.6 Å². The molecule has 0 aromatic carbocycles. The molecule has 2 rings (SSSR count). The highest BCUT2D eigenvalue weighted by Gasteiger charge is 2.12. The summed E-state index contributed by atoms with van der Waals surface area (Å²) in [5.41, 5.74) is 0. The highest BCUT2D eigenvalue weighted by atomic mass is 35.5. The number of ether oxygens (including phenoxy) is 1. The summed E-state index contributed by atoms with van der Waals surface area (Å²) >= 11 is 5.65. The van der Waals surface area contributed by atoms with Gasteiger partial charge in [-0.15, -0.1) is 0 Å². The molecule has 1 aromatic heterocycles. The Labute approximate surface area is 92.7 Å². The second-order valence-corrected chi connectivity index (χ2v) is 2.45. The first-order chi connectivity index (χ1) is 9.33. The van der Waals surface area contributed by atoms with Gasteiger partial charge in [-0.05, 0) is 0 Å². The van der Waals surface area contributed by atoms with Crippen molar-refractivity contribution < 1.29 is 15.7 Å². The number of hydrogen-bond acceptors (Lipinski definition) is 4. The molecule has 1 aromatic rings. The molecule has 2 heterocycles. The van der Waals surface area contributed by atoms with Gasteiger partial charge in [-0.3, -0.25) is 0 Å². The summed E-state index contributed by atoms with van der Waals surface area (Å²) in [6.45, 7) is -12.3. The van der Waals surface area contributed by atoms with Gasteiger partial charge in [-0.25, -0.2) is 9.97 Å². The van der Waals surface area contributed by atoms with Gasteiger partial charge in [0.15, 0.2) is 0 Å². The fourth-order valence-electron chi connectivity index (χ4n) is 0.751. The van der Waals surface area contributed by atoms with Gasteiger partial charge in [0.2, 0.25) is 0 Å². The van der Waals surface area contributed by atoms with Crippen molar-refractivity contribution in [3.63, 3.8) is 0 Å². The first-order valence-corrected chi connectivity index (χ1v) is 3.69. The lowest BCUT2D eigenvalue weighted by Gasteiger charge is -2.27. The van der Waals surface area contributed by atoms with Crippen LogP contribution in [0.3, 0.4) is 0 Å². The largest absolute Gasteiger partial charge is 0.378 e. The van der Waals surface area contributed by atoms with Gasteiger partial charge >= 0.3 is 0 Å². The Morgan fingerprint density at radius 1 is 1.46 bits per heavy atom. The van der Waals surface area contributed by atoms with Crippen LogP contribution in [0.4, 0.5) is 5.82 Å². The Morgan fingerprint density at radius 2 is 2.23 bits per heavy atom. The summed E-state index contributed by atoms with van der Waals surface area (Å²) in [5, 5.41) is -0.126. The van der Waals surface area contributed by atoms with Crippen LogP contribution >= 0.6 is 11.6 Å². The van der Waals surface area contributed by atoms with Crippen molar-refractivity contribution in [1.29, 1.82) is 0 Å². The summed E-state index contributed by atoms with van der Waals surface area (Å²) < 4.78 is 65.8. The van der Waals surface area contributed by atoms with Gasteiger partial charge < -0.3 is 9.64 Å². The second kappa shape index (κ2) is 3.89. The number of aromatic nitrogens is 2. The van der Waals surface area contributed by atoms with Crippen molar-refractivity contribution in [3.8, 4) is 0 Å². The molecule has 1 aliphatic rings. The summed E-state index contributed by atoms with van der Waals surface area (Å²) in [6.07, 6.45) is 0.935. The van der Waals surface area contributed by atoms with E-state index in [9.17, 15) is 0 Å². The fourth-order valence-corrected chi connectivity index (χ4v) is 0.893. The molecular weight excluding hydrogens is 190 g/mol. The maximum Gasteiger partial charge on any atom is 0.134 e. The van der Waals surface area contributed by atoms with Crippen molar-refractivity contribution in [3.05, 3.63) is 17.5 Å². The van der Waals surface area contributed by atoms with Crippen LogP contribution in [-0.4, -0.2) is 36.1 Å². The molecule has 0 N–H and O–H groups in total. The molecule has 0 unspecified atom stereocenters. The van der Waals surface area contributed by atoms with E-state index >= 15 is 0 Å². The molecule has 13 heavy (non-hydrogen) atoms. The Balaban J connectivity index is 2.67. The third kappa shape index (κ3) is 2.08. The first-order valence-electron chi connectivity index (χ1n) is 7.31. The average Bonchev–Trinajstić information content (AvgIpc) is 2.24. The maximum atomic E-state index is 7.81. The molecule has 0 atom stereocenters. The smallest absolute Gasteiger partial charge is 0.134 e. The number of rotatable bonds is 1. The van der Waals surface area contributed by atoms with Crippen LogP contribution in [0.15, 0.2) is 12.4 Å². The van der Waals surface area contributed by atoms with Gasteiger partial charge in [0.25, 0.3) is 0 Å². The topological polar surface area (TPSA) is 38.2 Å². The molecule has 5 heteroatoms. The van der Waals surface area contributed by atoms with E-state index < -0.39 is 31.9 Å². The maximum absolute atomic E-state index is 7.81. The van der Waals surface area contributed by atoms with Crippen molar-refractivity contribution >= 4 is 17.4 Å². The zero-order chi connectivity index (χ0) is 16.3. The quantitative estimate of drug-likeness (QED) is 0.644. The number of morpholine rings is 1. The zero-order valence-electron chi connectivity index (χ0n) is 14.3. The number of halogens is 1. The predicted octanol–water partition coefficient (Wildman–Crippen LogP) is 0.967. The minimum Gasteiger partial charge on any atom is -0.378 e. The lowest BCUT2D eigenvalue weighted by molar-refractivity contribution is 0.122. The Kier molecular flexibility index (Phi) is 1.01. The van der Waals surface area contributed by atoms with E-state index in [1.165, 1.54) is 0 Å². The van der Waals surface area contributed by atoms with Crippen molar-refractivity contribution in [1.82, 2.24) is 9.97 Å². The van der Waals surface area contributed by atoms with Crippen LogP contribution in [0.25, 0.3) is 0 Å². The molecule has 70 valence electrons. The average molecular weight is 208 g/mol. The monoisotopic (exact) mass is 207 g/mol. The highest BCUT2D eigenvalue weighted by Crippen LogP contribution is 2.14. The molecular formula is C8H10ClN3O. The second-order valence-electron chi connectivity index (χ2n) is 2.06. The molecule has 0 spiro atoms. The predicted molar refractivity (Wildman–Crippen MR) is 50.1 cm³/mol. The number of nitrogens with zero attached hydrogens (tertiary/aromatic N) is 3. The van der Waals surface area contributed by atoms with Gasteiger partial charge in [0, 0.05) is 19.1 Å². The standard InChI is InChI=1S/C8H10ClN3O/c9-7-5-8(11-6-10-7)12-1-3-13-4-2-12/h5-6H,1-4H2/i1D2,2D2,3D2,4D2. The van der Waals surface area contributed by atoms with Crippen LogP contribution in [-0.2, 0) is 4.74 Å². The molecule has 1 fully saturated rings. The summed E-state index contributed by atoms with van der Waals surface area (Å²) in [6, 6.07) is 1.01. The molecule has 1 saturated heterocycles. The number of hydrogen-bond donors (Lipinski definition) is 0. The van der Waals surface area contributed by atoms with Gasteiger partial charge in [0.1, 0.15) is 17.3 Å². The number of anilines is 1. The van der Waals surface area contributed by atoms with Crippen LogP contribution in [0.2, 0.25) is 5.15 Å². The van der Waals surface area contributed by atoms with Gasteiger partial charge in [0.05, 0.1) is 24.1 Å². The minimum absolute atomic E-state index is 0.126. The first kappa shape index (κ1) is 3.37. The van der Waals surface area contributed by atoms with E-state index in [0.717, 1.165) is 12.4 Å². The molecule has 0 radical (unpaired) electrons. The Hall–Kier alpha value is -0.870. The van der Waals surface area contributed by atoms with E-state index in [1.807, 2.05) is 0 Å². The van der Waals surface area contributed by atoms with Crippen molar-refractivity contribution in [2.75, 3.05) is 31.0 Å². The summed E-state index contributed by atoms with van der Waals surface area (Å²) in [4.78, 5) is 7.45. The minimum atomic E-state index is -3.13. The molecule has 0 aliphatic carbocycles. The molecule has 1 aliphatic heterocycles. The van der Waals surface area contributed by atoms with E-state index in [1.54, 1.807) is 0 Å². The third-order valence-corrected chi connectivity index (χ3v) is 1.47. The van der Waals surface area contributed by atoms with E-state index in [-0.39, 0.29) is 10.1 Å². The van der Waals surface area contributed by atoms with Crippen LogP contribution < -0.4 is 4.90 Å². The van der Waals surface area contributed by atoms with E-state index in [2.05, 4.69) is 14.7 Å². The third-order valence-electron chi connectivity index (χ3n) is 1.27.